The standard InChI is InChI=1S/C21H26N2O2/c1-2-18(16-24)22-12-14-23(15-13-22)21(25)20-11-7-6-10-19(20)17-8-4-3-5-9-17/h3-11,18,24H,2,12-16H2,1H3. The third-order valence-corrected chi connectivity index (χ3v) is 5.04. The molecule has 25 heavy (non-hydrogen) atoms. The highest BCUT2D eigenvalue weighted by Crippen LogP contribution is 2.25. The first-order valence-electron chi connectivity index (χ1n) is 9.03. The highest BCUT2D eigenvalue weighted by atomic mass is 16.3. The van der Waals surface area contributed by atoms with Gasteiger partial charge in [0.25, 0.3) is 5.91 Å². The molecule has 1 atom stereocenters. The van der Waals surface area contributed by atoms with Crippen LogP contribution in [0.2, 0.25) is 0 Å². The molecule has 1 amide bonds. The Kier molecular flexibility index (Phi) is 5.84. The van der Waals surface area contributed by atoms with Crippen molar-refractivity contribution in [3.05, 3.63) is 60.2 Å². The van der Waals surface area contributed by atoms with E-state index in [2.05, 4.69) is 11.8 Å². The minimum atomic E-state index is 0.0937. The van der Waals surface area contributed by atoms with Crippen molar-refractivity contribution in [3.8, 4) is 11.1 Å². The van der Waals surface area contributed by atoms with Crippen LogP contribution in [0.5, 0.6) is 0 Å². The fourth-order valence-electron chi connectivity index (χ4n) is 3.50. The number of rotatable bonds is 5. The SMILES string of the molecule is CCC(CO)N1CCN(C(=O)c2ccccc2-c2ccccc2)CC1. The van der Waals surface area contributed by atoms with Gasteiger partial charge >= 0.3 is 0 Å². The second-order valence-corrected chi connectivity index (χ2v) is 6.48. The average molecular weight is 338 g/mol. The number of nitrogens with zero attached hydrogens (tertiary/aromatic N) is 2. The van der Waals surface area contributed by atoms with Crippen LogP contribution in [0.1, 0.15) is 23.7 Å². The summed E-state index contributed by atoms with van der Waals surface area (Å²) in [7, 11) is 0. The molecule has 3 rings (SSSR count). The van der Waals surface area contributed by atoms with E-state index in [-0.39, 0.29) is 18.6 Å². The first-order valence-corrected chi connectivity index (χ1v) is 9.03. The van der Waals surface area contributed by atoms with Gasteiger partial charge in [-0.25, -0.2) is 0 Å². The normalized spacial score (nSPS) is 16.6. The smallest absolute Gasteiger partial charge is 0.254 e. The van der Waals surface area contributed by atoms with Gasteiger partial charge in [0.2, 0.25) is 0 Å². The highest BCUT2D eigenvalue weighted by molar-refractivity contribution is 6.00. The Bertz CT molecular complexity index is 690. The lowest BCUT2D eigenvalue weighted by atomic mass is 9.98. The largest absolute Gasteiger partial charge is 0.395 e. The van der Waals surface area contributed by atoms with Crippen molar-refractivity contribution in [2.45, 2.75) is 19.4 Å². The van der Waals surface area contributed by atoms with Gasteiger partial charge in [-0.1, -0.05) is 55.5 Å². The maximum absolute atomic E-state index is 13.1. The molecule has 1 saturated heterocycles. The van der Waals surface area contributed by atoms with Crippen LogP contribution in [0.25, 0.3) is 11.1 Å². The molecule has 1 aliphatic heterocycles. The molecule has 4 nitrogen and oxygen atoms in total. The topological polar surface area (TPSA) is 43.8 Å². The van der Waals surface area contributed by atoms with Gasteiger partial charge in [0, 0.05) is 37.8 Å². The first-order chi connectivity index (χ1) is 12.2. The Morgan fingerprint density at radius 2 is 1.64 bits per heavy atom. The predicted octanol–water partition coefficient (Wildman–Crippen LogP) is 2.88. The molecule has 4 heteroatoms. The lowest BCUT2D eigenvalue weighted by molar-refractivity contribution is 0.0473. The van der Waals surface area contributed by atoms with E-state index in [1.807, 2.05) is 59.5 Å². The van der Waals surface area contributed by atoms with Crippen LogP contribution in [-0.4, -0.2) is 59.6 Å². The molecule has 0 saturated carbocycles. The molecular weight excluding hydrogens is 312 g/mol. The van der Waals surface area contributed by atoms with Crippen LogP contribution in [0, 0.1) is 0 Å². The number of hydrogen-bond donors (Lipinski definition) is 1. The maximum atomic E-state index is 13.1. The van der Waals surface area contributed by atoms with E-state index in [4.69, 9.17) is 0 Å². The van der Waals surface area contributed by atoms with Crippen molar-refractivity contribution in [2.75, 3.05) is 32.8 Å². The van der Waals surface area contributed by atoms with Gasteiger partial charge in [-0.15, -0.1) is 0 Å². The Morgan fingerprint density at radius 1 is 1.00 bits per heavy atom. The van der Waals surface area contributed by atoms with E-state index in [1.54, 1.807) is 0 Å². The van der Waals surface area contributed by atoms with E-state index in [0.29, 0.717) is 13.1 Å². The van der Waals surface area contributed by atoms with E-state index < -0.39 is 0 Å². The number of hydrogen-bond acceptors (Lipinski definition) is 3. The molecule has 132 valence electrons. The fraction of sp³-hybridized carbons (Fsp3) is 0.381. The fourth-order valence-corrected chi connectivity index (χ4v) is 3.50. The zero-order valence-corrected chi connectivity index (χ0v) is 14.8. The lowest BCUT2D eigenvalue weighted by Crippen LogP contribution is -2.52. The van der Waals surface area contributed by atoms with E-state index in [9.17, 15) is 9.90 Å². The van der Waals surface area contributed by atoms with E-state index >= 15 is 0 Å². The molecular formula is C21H26N2O2. The third-order valence-electron chi connectivity index (χ3n) is 5.04. The molecule has 1 heterocycles. The van der Waals surface area contributed by atoms with E-state index in [1.165, 1.54) is 0 Å². The molecule has 2 aromatic carbocycles. The zero-order valence-electron chi connectivity index (χ0n) is 14.8. The number of piperazine rings is 1. The summed E-state index contributed by atoms with van der Waals surface area (Å²) >= 11 is 0. The summed E-state index contributed by atoms with van der Waals surface area (Å²) in [4.78, 5) is 17.3. The molecule has 1 N–H and O–H groups in total. The molecule has 0 spiro atoms. The summed E-state index contributed by atoms with van der Waals surface area (Å²) in [6, 6.07) is 18.1. The van der Waals surface area contributed by atoms with Crippen molar-refractivity contribution in [2.24, 2.45) is 0 Å². The Hall–Kier alpha value is -2.17. The third kappa shape index (κ3) is 3.91. The zero-order chi connectivity index (χ0) is 17.6. The Balaban J connectivity index is 1.75. The molecule has 0 aromatic heterocycles. The first kappa shape index (κ1) is 17.6. The molecule has 1 fully saturated rings. The second kappa shape index (κ2) is 8.28. The molecule has 0 aliphatic carbocycles. The number of aliphatic hydroxyl groups excluding tert-OH is 1. The summed E-state index contributed by atoms with van der Waals surface area (Å²) in [6.45, 7) is 5.32. The Morgan fingerprint density at radius 3 is 2.28 bits per heavy atom. The highest BCUT2D eigenvalue weighted by Gasteiger charge is 2.26. The van der Waals surface area contributed by atoms with Crippen molar-refractivity contribution in [1.29, 1.82) is 0 Å². The number of amides is 1. The van der Waals surface area contributed by atoms with Gasteiger partial charge in [0.15, 0.2) is 0 Å². The Labute approximate surface area is 149 Å². The van der Waals surface area contributed by atoms with Crippen molar-refractivity contribution >= 4 is 5.91 Å². The van der Waals surface area contributed by atoms with Crippen molar-refractivity contribution in [1.82, 2.24) is 9.80 Å². The van der Waals surface area contributed by atoms with Crippen LogP contribution < -0.4 is 0 Å². The van der Waals surface area contributed by atoms with Gasteiger partial charge in [0.05, 0.1) is 6.61 Å². The van der Waals surface area contributed by atoms with Crippen LogP contribution >= 0.6 is 0 Å². The van der Waals surface area contributed by atoms with Gasteiger partial charge in [-0.2, -0.15) is 0 Å². The van der Waals surface area contributed by atoms with E-state index in [0.717, 1.165) is 36.2 Å². The van der Waals surface area contributed by atoms with Crippen LogP contribution in [0.4, 0.5) is 0 Å². The van der Waals surface area contributed by atoms with Crippen LogP contribution in [0.15, 0.2) is 54.6 Å². The molecule has 0 bridgehead atoms. The maximum Gasteiger partial charge on any atom is 0.254 e. The van der Waals surface area contributed by atoms with Crippen LogP contribution in [0.3, 0.4) is 0 Å². The summed E-state index contributed by atoms with van der Waals surface area (Å²) in [5.41, 5.74) is 2.81. The molecule has 1 aliphatic rings. The summed E-state index contributed by atoms with van der Waals surface area (Å²) < 4.78 is 0. The minimum Gasteiger partial charge on any atom is -0.395 e. The van der Waals surface area contributed by atoms with Gasteiger partial charge in [-0.3, -0.25) is 9.69 Å². The summed E-state index contributed by atoms with van der Waals surface area (Å²) in [5.74, 6) is 0.0937. The van der Waals surface area contributed by atoms with Crippen LogP contribution in [-0.2, 0) is 0 Å². The quantitative estimate of drug-likeness (QED) is 0.912. The summed E-state index contributed by atoms with van der Waals surface area (Å²) in [5, 5.41) is 9.47. The average Bonchev–Trinajstić information content (AvgIpc) is 2.69. The molecule has 0 radical (unpaired) electrons. The predicted molar refractivity (Wildman–Crippen MR) is 101 cm³/mol. The molecule has 1 unspecified atom stereocenters. The lowest BCUT2D eigenvalue weighted by Gasteiger charge is -2.38. The van der Waals surface area contributed by atoms with Gasteiger partial charge < -0.3 is 10.0 Å². The number of carbonyl (C=O) groups excluding carboxylic acids is 1. The number of aliphatic hydroxyl groups is 1. The summed E-state index contributed by atoms with van der Waals surface area (Å²) in [6.07, 6.45) is 0.932. The van der Waals surface area contributed by atoms with Crippen molar-refractivity contribution < 1.29 is 9.90 Å². The van der Waals surface area contributed by atoms with Gasteiger partial charge in [-0.05, 0) is 23.6 Å². The number of carbonyl (C=O) groups is 1. The minimum absolute atomic E-state index is 0.0937. The van der Waals surface area contributed by atoms with Crippen molar-refractivity contribution in [3.63, 3.8) is 0 Å². The number of benzene rings is 2. The monoisotopic (exact) mass is 338 g/mol. The van der Waals surface area contributed by atoms with Gasteiger partial charge in [0.1, 0.15) is 0 Å². The molecule has 2 aromatic rings. The second-order valence-electron chi connectivity index (χ2n) is 6.48.